The zero-order valence-corrected chi connectivity index (χ0v) is 24.5. The van der Waals surface area contributed by atoms with Gasteiger partial charge in [0.2, 0.25) is 10.0 Å². The standard InChI is InChI=1S/C28H38N4O4S2/c1-6-36-24-9-7-10-25-26(24)29-28(37-25)32(16-8-15-30(4)5)27(33)22-11-13-23(14-12-22)38(34,35)31-18-20(2)17-21(3)19-31/h7,9-14,20-21H,6,8,15-19H2,1-5H3. The second-order valence-electron chi connectivity index (χ2n) is 10.4. The lowest BCUT2D eigenvalue weighted by molar-refractivity contribution is 0.0986. The number of hydrogen-bond acceptors (Lipinski definition) is 7. The van der Waals surface area contributed by atoms with Crippen LogP contribution in [0.25, 0.3) is 10.2 Å². The van der Waals surface area contributed by atoms with Crippen molar-refractivity contribution >= 4 is 42.6 Å². The van der Waals surface area contributed by atoms with Crippen molar-refractivity contribution in [1.29, 1.82) is 0 Å². The first kappa shape index (κ1) is 28.5. The molecule has 1 aliphatic heterocycles. The highest BCUT2D eigenvalue weighted by molar-refractivity contribution is 7.89. The van der Waals surface area contributed by atoms with Gasteiger partial charge in [-0.2, -0.15) is 4.31 Å². The molecule has 0 radical (unpaired) electrons. The number of aromatic nitrogens is 1. The maximum atomic E-state index is 13.7. The number of rotatable bonds is 10. The number of carbonyl (C=O) groups excluding carboxylic acids is 1. The van der Waals surface area contributed by atoms with Crippen molar-refractivity contribution in [3.05, 3.63) is 48.0 Å². The SMILES string of the molecule is CCOc1cccc2sc(N(CCCN(C)C)C(=O)c3ccc(S(=O)(=O)N4CC(C)CC(C)C4)cc3)nc12. The number of hydrogen-bond donors (Lipinski definition) is 0. The Morgan fingerprint density at radius 3 is 2.39 bits per heavy atom. The summed E-state index contributed by atoms with van der Waals surface area (Å²) in [5.41, 5.74) is 1.17. The molecular weight excluding hydrogens is 520 g/mol. The van der Waals surface area contributed by atoms with E-state index >= 15 is 0 Å². The third-order valence-electron chi connectivity index (χ3n) is 6.71. The molecule has 2 heterocycles. The molecule has 0 aliphatic carbocycles. The van der Waals surface area contributed by atoms with Crippen LogP contribution in [0, 0.1) is 11.8 Å². The molecule has 0 bridgehead atoms. The number of fused-ring (bicyclic) bond motifs is 1. The Bertz CT molecular complexity index is 1340. The van der Waals surface area contributed by atoms with Crippen LogP contribution in [0.2, 0.25) is 0 Å². The highest BCUT2D eigenvalue weighted by atomic mass is 32.2. The Labute approximate surface area is 230 Å². The Morgan fingerprint density at radius 1 is 1.08 bits per heavy atom. The van der Waals surface area contributed by atoms with Crippen molar-refractivity contribution in [2.75, 3.05) is 51.8 Å². The van der Waals surface area contributed by atoms with Crippen LogP contribution in [0.15, 0.2) is 47.4 Å². The molecule has 1 fully saturated rings. The minimum Gasteiger partial charge on any atom is -0.492 e. The second kappa shape index (κ2) is 12.1. The topological polar surface area (TPSA) is 83.0 Å². The van der Waals surface area contributed by atoms with Crippen LogP contribution in [-0.4, -0.2) is 75.4 Å². The number of ether oxygens (including phenoxy) is 1. The molecule has 8 nitrogen and oxygen atoms in total. The van der Waals surface area contributed by atoms with Crippen molar-refractivity contribution in [3.63, 3.8) is 0 Å². The number of piperidine rings is 1. The Morgan fingerprint density at radius 2 is 1.76 bits per heavy atom. The zero-order chi connectivity index (χ0) is 27.4. The van der Waals surface area contributed by atoms with Crippen LogP contribution in [0.5, 0.6) is 5.75 Å². The third kappa shape index (κ3) is 6.36. The molecule has 2 aromatic carbocycles. The minimum atomic E-state index is -3.62. The van der Waals surface area contributed by atoms with Crippen LogP contribution >= 0.6 is 11.3 Å². The fourth-order valence-corrected chi connectivity index (χ4v) is 7.69. The highest BCUT2D eigenvalue weighted by Crippen LogP contribution is 2.35. The normalized spacial score (nSPS) is 18.7. The van der Waals surface area contributed by atoms with E-state index in [2.05, 4.69) is 18.7 Å². The average molecular weight is 559 g/mol. The molecule has 3 aromatic rings. The summed E-state index contributed by atoms with van der Waals surface area (Å²) < 4.78 is 34.9. The van der Waals surface area contributed by atoms with Crippen molar-refractivity contribution in [1.82, 2.24) is 14.2 Å². The van der Waals surface area contributed by atoms with E-state index in [1.807, 2.05) is 39.2 Å². The molecule has 10 heteroatoms. The molecule has 0 spiro atoms. The van der Waals surface area contributed by atoms with Crippen LogP contribution in [0.3, 0.4) is 0 Å². The van der Waals surface area contributed by atoms with Crippen LogP contribution in [0.4, 0.5) is 5.13 Å². The van der Waals surface area contributed by atoms with Crippen LogP contribution < -0.4 is 9.64 Å². The van der Waals surface area contributed by atoms with E-state index in [1.54, 1.807) is 33.5 Å². The number of thiazole rings is 1. The maximum absolute atomic E-state index is 13.7. The van der Waals surface area contributed by atoms with Crippen molar-refractivity contribution < 1.29 is 17.9 Å². The van der Waals surface area contributed by atoms with Gasteiger partial charge in [-0.25, -0.2) is 13.4 Å². The van der Waals surface area contributed by atoms with Gasteiger partial charge in [-0.15, -0.1) is 0 Å². The first-order chi connectivity index (χ1) is 18.1. The highest BCUT2D eigenvalue weighted by Gasteiger charge is 2.32. The summed E-state index contributed by atoms with van der Waals surface area (Å²) in [7, 11) is 0.387. The number of sulfonamides is 1. The van der Waals surface area contributed by atoms with Gasteiger partial charge in [-0.1, -0.05) is 31.3 Å². The molecule has 38 heavy (non-hydrogen) atoms. The van der Waals surface area contributed by atoms with Crippen LogP contribution in [0.1, 0.15) is 44.0 Å². The van der Waals surface area contributed by atoms with Gasteiger partial charge in [0.1, 0.15) is 11.3 Å². The van der Waals surface area contributed by atoms with Gasteiger partial charge in [0.25, 0.3) is 5.91 Å². The molecular formula is C28H38N4O4S2. The Hall–Kier alpha value is -2.53. The average Bonchev–Trinajstić information content (AvgIpc) is 3.31. The molecule has 0 N–H and O–H groups in total. The quantitative estimate of drug-likeness (QED) is 0.350. The number of carbonyl (C=O) groups is 1. The number of anilines is 1. The summed E-state index contributed by atoms with van der Waals surface area (Å²) in [4.78, 5) is 22.5. The summed E-state index contributed by atoms with van der Waals surface area (Å²) in [6.45, 7) is 8.99. The van der Waals surface area contributed by atoms with Gasteiger partial charge < -0.3 is 9.64 Å². The molecule has 1 amide bonds. The summed E-state index contributed by atoms with van der Waals surface area (Å²) in [5, 5.41) is 0.601. The van der Waals surface area contributed by atoms with E-state index in [9.17, 15) is 13.2 Å². The number of amides is 1. The Balaban J connectivity index is 1.61. The molecule has 1 aromatic heterocycles. The van der Waals surface area contributed by atoms with Crippen molar-refractivity contribution in [2.24, 2.45) is 11.8 Å². The zero-order valence-electron chi connectivity index (χ0n) is 22.9. The van der Waals surface area contributed by atoms with Gasteiger partial charge in [0.15, 0.2) is 5.13 Å². The lowest BCUT2D eigenvalue weighted by Crippen LogP contribution is -2.42. The van der Waals surface area contributed by atoms with Gasteiger partial charge in [0, 0.05) is 25.2 Å². The van der Waals surface area contributed by atoms with Crippen molar-refractivity contribution in [3.8, 4) is 5.75 Å². The van der Waals surface area contributed by atoms with Gasteiger partial charge >= 0.3 is 0 Å². The van der Waals surface area contributed by atoms with Crippen molar-refractivity contribution in [2.45, 2.75) is 38.5 Å². The van der Waals surface area contributed by atoms with Gasteiger partial charge in [-0.3, -0.25) is 9.69 Å². The second-order valence-corrected chi connectivity index (χ2v) is 13.4. The molecule has 4 rings (SSSR count). The first-order valence-electron chi connectivity index (χ1n) is 13.2. The van der Waals surface area contributed by atoms with E-state index in [4.69, 9.17) is 9.72 Å². The molecule has 1 saturated heterocycles. The van der Waals surface area contributed by atoms with E-state index in [-0.39, 0.29) is 10.8 Å². The number of nitrogens with zero attached hydrogens (tertiary/aromatic N) is 4. The minimum absolute atomic E-state index is 0.204. The number of benzene rings is 2. The van der Waals surface area contributed by atoms with E-state index in [0.717, 1.165) is 29.6 Å². The largest absolute Gasteiger partial charge is 0.492 e. The Kier molecular flexibility index (Phi) is 9.07. The first-order valence-corrected chi connectivity index (χ1v) is 15.4. The summed E-state index contributed by atoms with van der Waals surface area (Å²) in [6.07, 6.45) is 1.80. The predicted molar refractivity (Wildman–Crippen MR) is 154 cm³/mol. The fourth-order valence-electron chi connectivity index (χ4n) is 5.00. The molecule has 2 atom stereocenters. The summed E-state index contributed by atoms with van der Waals surface area (Å²) in [6, 6.07) is 12.1. The molecule has 0 saturated carbocycles. The smallest absolute Gasteiger partial charge is 0.260 e. The maximum Gasteiger partial charge on any atom is 0.260 e. The molecule has 206 valence electrons. The monoisotopic (exact) mass is 558 g/mol. The van der Waals surface area contributed by atoms with E-state index in [1.165, 1.54) is 11.3 Å². The van der Waals surface area contributed by atoms with Gasteiger partial charge in [-0.05, 0) is 88.6 Å². The lowest BCUT2D eigenvalue weighted by Gasteiger charge is -2.34. The predicted octanol–water partition coefficient (Wildman–Crippen LogP) is 4.96. The molecule has 1 aliphatic rings. The van der Waals surface area contributed by atoms with Gasteiger partial charge in [0.05, 0.1) is 16.2 Å². The lowest BCUT2D eigenvalue weighted by atomic mass is 9.94. The summed E-state index contributed by atoms with van der Waals surface area (Å²) >= 11 is 1.45. The van der Waals surface area contributed by atoms with E-state index < -0.39 is 10.0 Å². The number of para-hydroxylation sites is 1. The van der Waals surface area contributed by atoms with Crippen LogP contribution in [-0.2, 0) is 10.0 Å². The summed E-state index contributed by atoms with van der Waals surface area (Å²) in [5.74, 6) is 1.14. The van der Waals surface area contributed by atoms with E-state index in [0.29, 0.717) is 54.5 Å². The fraction of sp³-hybridized carbons (Fsp3) is 0.500. The molecule has 2 unspecified atom stereocenters. The third-order valence-corrected chi connectivity index (χ3v) is 9.60.